The number of nitrogens with one attached hydrogen (secondary N) is 1. The van der Waals surface area contributed by atoms with Gasteiger partial charge in [-0.1, -0.05) is 13.8 Å². The quantitative estimate of drug-likeness (QED) is 0.792. The van der Waals surface area contributed by atoms with Gasteiger partial charge in [0.2, 0.25) is 0 Å². The third-order valence-electron chi connectivity index (χ3n) is 2.70. The average molecular weight is 205 g/mol. The first-order chi connectivity index (χ1) is 7.25. The SMILES string of the molecule is CC(C)Cc1ncc2c(n1)CCNCC2. The van der Waals surface area contributed by atoms with E-state index in [2.05, 4.69) is 29.1 Å². The lowest BCUT2D eigenvalue weighted by Gasteiger charge is -2.07. The Morgan fingerprint density at radius 2 is 2.13 bits per heavy atom. The Morgan fingerprint density at radius 1 is 1.33 bits per heavy atom. The first kappa shape index (κ1) is 10.6. The molecule has 15 heavy (non-hydrogen) atoms. The molecule has 0 spiro atoms. The van der Waals surface area contributed by atoms with Crippen molar-refractivity contribution in [3.63, 3.8) is 0 Å². The van der Waals surface area contributed by atoms with Gasteiger partial charge in [0.1, 0.15) is 5.82 Å². The summed E-state index contributed by atoms with van der Waals surface area (Å²) in [5, 5.41) is 3.39. The Hall–Kier alpha value is -0.960. The number of aromatic nitrogens is 2. The normalized spacial score (nSPS) is 16.2. The van der Waals surface area contributed by atoms with Crippen LogP contribution in [0.5, 0.6) is 0 Å². The van der Waals surface area contributed by atoms with Crippen LogP contribution in [0.25, 0.3) is 0 Å². The molecule has 0 atom stereocenters. The first-order valence-electron chi connectivity index (χ1n) is 5.80. The summed E-state index contributed by atoms with van der Waals surface area (Å²) in [6.45, 7) is 6.51. The molecule has 1 N–H and O–H groups in total. The number of hydrogen-bond donors (Lipinski definition) is 1. The number of nitrogens with zero attached hydrogens (tertiary/aromatic N) is 2. The average Bonchev–Trinajstić information content (AvgIpc) is 2.41. The Morgan fingerprint density at radius 3 is 2.93 bits per heavy atom. The smallest absolute Gasteiger partial charge is 0.128 e. The topological polar surface area (TPSA) is 37.8 Å². The van der Waals surface area contributed by atoms with Crippen molar-refractivity contribution in [2.75, 3.05) is 13.1 Å². The van der Waals surface area contributed by atoms with Gasteiger partial charge in [-0.2, -0.15) is 0 Å². The highest BCUT2D eigenvalue weighted by Crippen LogP contribution is 2.11. The van der Waals surface area contributed by atoms with Gasteiger partial charge in [-0.3, -0.25) is 0 Å². The molecule has 82 valence electrons. The van der Waals surface area contributed by atoms with Crippen molar-refractivity contribution in [2.24, 2.45) is 5.92 Å². The van der Waals surface area contributed by atoms with Crippen molar-refractivity contribution in [1.29, 1.82) is 0 Å². The van der Waals surface area contributed by atoms with Crippen LogP contribution in [0.4, 0.5) is 0 Å². The van der Waals surface area contributed by atoms with E-state index in [1.807, 2.05) is 6.20 Å². The lowest BCUT2D eigenvalue weighted by Crippen LogP contribution is -2.16. The van der Waals surface area contributed by atoms with Crippen LogP contribution < -0.4 is 5.32 Å². The molecule has 0 radical (unpaired) electrons. The van der Waals surface area contributed by atoms with Gasteiger partial charge in [0, 0.05) is 31.3 Å². The van der Waals surface area contributed by atoms with Crippen molar-refractivity contribution >= 4 is 0 Å². The van der Waals surface area contributed by atoms with E-state index in [4.69, 9.17) is 0 Å². The number of hydrogen-bond acceptors (Lipinski definition) is 3. The Balaban J connectivity index is 2.20. The molecular weight excluding hydrogens is 186 g/mol. The largest absolute Gasteiger partial charge is 0.316 e. The van der Waals surface area contributed by atoms with Crippen LogP contribution >= 0.6 is 0 Å². The second-order valence-corrected chi connectivity index (χ2v) is 4.61. The molecule has 0 bridgehead atoms. The van der Waals surface area contributed by atoms with E-state index in [9.17, 15) is 0 Å². The summed E-state index contributed by atoms with van der Waals surface area (Å²) in [5.74, 6) is 1.64. The lowest BCUT2D eigenvalue weighted by molar-refractivity contribution is 0.616. The number of rotatable bonds is 2. The predicted molar refractivity (Wildman–Crippen MR) is 60.9 cm³/mol. The molecule has 0 aromatic carbocycles. The molecule has 1 aliphatic heterocycles. The molecule has 3 heteroatoms. The highest BCUT2D eigenvalue weighted by molar-refractivity contribution is 5.20. The molecule has 2 rings (SSSR count). The second-order valence-electron chi connectivity index (χ2n) is 4.61. The Bertz CT molecular complexity index is 334. The summed E-state index contributed by atoms with van der Waals surface area (Å²) in [5.41, 5.74) is 2.58. The molecule has 1 aromatic heterocycles. The van der Waals surface area contributed by atoms with Gasteiger partial charge in [0.05, 0.1) is 0 Å². The fourth-order valence-electron chi connectivity index (χ4n) is 1.93. The van der Waals surface area contributed by atoms with Crippen LogP contribution in [-0.2, 0) is 19.3 Å². The molecule has 0 fully saturated rings. The van der Waals surface area contributed by atoms with E-state index in [1.165, 1.54) is 11.3 Å². The van der Waals surface area contributed by atoms with Crippen LogP contribution in [0.3, 0.4) is 0 Å². The highest BCUT2D eigenvalue weighted by Gasteiger charge is 2.10. The standard InChI is InChI=1S/C12H19N3/c1-9(2)7-12-14-8-10-3-5-13-6-4-11(10)15-12/h8-9,13H,3-7H2,1-2H3. The van der Waals surface area contributed by atoms with Crippen LogP contribution in [0.1, 0.15) is 30.9 Å². The lowest BCUT2D eigenvalue weighted by atomic mass is 10.1. The minimum Gasteiger partial charge on any atom is -0.316 e. The second kappa shape index (κ2) is 4.71. The fourth-order valence-corrected chi connectivity index (χ4v) is 1.93. The zero-order valence-electron chi connectivity index (χ0n) is 9.58. The van der Waals surface area contributed by atoms with Gasteiger partial charge in [-0.05, 0) is 24.4 Å². The van der Waals surface area contributed by atoms with E-state index >= 15 is 0 Å². The monoisotopic (exact) mass is 205 g/mol. The van der Waals surface area contributed by atoms with Crippen LogP contribution in [0.2, 0.25) is 0 Å². The van der Waals surface area contributed by atoms with Crippen molar-refractivity contribution in [2.45, 2.75) is 33.1 Å². The minimum absolute atomic E-state index is 0.631. The predicted octanol–water partition coefficient (Wildman–Crippen LogP) is 1.36. The van der Waals surface area contributed by atoms with Gasteiger partial charge >= 0.3 is 0 Å². The van der Waals surface area contributed by atoms with Crippen molar-refractivity contribution in [1.82, 2.24) is 15.3 Å². The zero-order valence-corrected chi connectivity index (χ0v) is 9.58. The van der Waals surface area contributed by atoms with E-state index in [-0.39, 0.29) is 0 Å². The van der Waals surface area contributed by atoms with Crippen molar-refractivity contribution in [3.05, 3.63) is 23.3 Å². The van der Waals surface area contributed by atoms with E-state index in [0.29, 0.717) is 5.92 Å². The summed E-state index contributed by atoms with van der Waals surface area (Å²) < 4.78 is 0. The van der Waals surface area contributed by atoms with Crippen molar-refractivity contribution in [3.8, 4) is 0 Å². The Labute approximate surface area is 91.3 Å². The third kappa shape index (κ3) is 2.75. The maximum Gasteiger partial charge on any atom is 0.128 e. The van der Waals surface area contributed by atoms with E-state index < -0.39 is 0 Å². The molecule has 0 unspecified atom stereocenters. The summed E-state index contributed by atoms with van der Waals surface area (Å²) >= 11 is 0. The zero-order chi connectivity index (χ0) is 10.7. The maximum absolute atomic E-state index is 4.66. The van der Waals surface area contributed by atoms with Gasteiger partial charge < -0.3 is 5.32 Å². The van der Waals surface area contributed by atoms with Gasteiger partial charge in [0.25, 0.3) is 0 Å². The maximum atomic E-state index is 4.66. The fraction of sp³-hybridized carbons (Fsp3) is 0.667. The molecule has 0 amide bonds. The molecular formula is C12H19N3. The molecule has 1 aliphatic rings. The molecule has 0 aliphatic carbocycles. The van der Waals surface area contributed by atoms with Crippen LogP contribution in [-0.4, -0.2) is 23.1 Å². The number of fused-ring (bicyclic) bond motifs is 1. The first-order valence-corrected chi connectivity index (χ1v) is 5.80. The van der Waals surface area contributed by atoms with Crippen molar-refractivity contribution < 1.29 is 0 Å². The molecule has 0 saturated carbocycles. The van der Waals surface area contributed by atoms with Crippen LogP contribution in [0, 0.1) is 5.92 Å². The molecule has 3 nitrogen and oxygen atoms in total. The van der Waals surface area contributed by atoms with Gasteiger partial charge in [-0.25, -0.2) is 9.97 Å². The summed E-state index contributed by atoms with van der Waals surface area (Å²) in [6.07, 6.45) is 5.12. The molecule has 0 saturated heterocycles. The third-order valence-corrected chi connectivity index (χ3v) is 2.70. The Kier molecular flexibility index (Phi) is 3.31. The summed E-state index contributed by atoms with van der Waals surface area (Å²) in [4.78, 5) is 9.10. The van der Waals surface area contributed by atoms with Crippen LogP contribution in [0.15, 0.2) is 6.20 Å². The highest BCUT2D eigenvalue weighted by atomic mass is 14.9. The van der Waals surface area contributed by atoms with E-state index in [1.54, 1.807) is 0 Å². The molecule has 2 heterocycles. The molecule has 1 aromatic rings. The van der Waals surface area contributed by atoms with Gasteiger partial charge in [-0.15, -0.1) is 0 Å². The summed E-state index contributed by atoms with van der Waals surface area (Å²) in [6, 6.07) is 0. The summed E-state index contributed by atoms with van der Waals surface area (Å²) in [7, 11) is 0. The van der Waals surface area contributed by atoms with E-state index in [0.717, 1.165) is 38.2 Å². The van der Waals surface area contributed by atoms with Gasteiger partial charge in [0.15, 0.2) is 0 Å². The minimum atomic E-state index is 0.631.